The van der Waals surface area contributed by atoms with Crippen LogP contribution >= 0.6 is 11.6 Å². The lowest BCUT2D eigenvalue weighted by molar-refractivity contribution is 0.565. The van der Waals surface area contributed by atoms with Gasteiger partial charge in [-0.3, -0.25) is 0 Å². The molecule has 0 aromatic rings. The van der Waals surface area contributed by atoms with Gasteiger partial charge < -0.3 is 0 Å². The maximum atomic E-state index is 9.73. The molecule has 0 amide bonds. The summed E-state index contributed by atoms with van der Waals surface area (Å²) in [5.74, 6) is 0.324. The van der Waals surface area contributed by atoms with Crippen molar-refractivity contribution in [2.75, 3.05) is 0 Å². The quantitative estimate of drug-likeness (QED) is 0.346. The van der Waals surface area contributed by atoms with Crippen LogP contribution in [0.2, 0.25) is 0 Å². The molecule has 0 aliphatic heterocycles. The predicted molar refractivity (Wildman–Crippen MR) is 41.5 cm³/mol. The van der Waals surface area contributed by atoms with Crippen LogP contribution in [0.25, 0.3) is 0 Å². The fourth-order valence-corrected chi connectivity index (χ4v) is 0.619. The Bertz CT molecular complexity index is 190. The number of halogens is 1. The van der Waals surface area contributed by atoms with E-state index >= 15 is 0 Å². The lowest BCUT2D eigenvalue weighted by atomic mass is 10.1. The first-order valence-electron chi connectivity index (χ1n) is 3.03. The van der Waals surface area contributed by atoms with Crippen molar-refractivity contribution in [1.29, 1.82) is 0 Å². The SMILES string of the molecule is C/C(=C(/Cl)N=C=O)C(C)C. The Kier molecular flexibility index (Phi) is 4.01. The van der Waals surface area contributed by atoms with Crippen molar-refractivity contribution in [3.63, 3.8) is 0 Å². The number of carbonyl (C=O) groups excluding carboxylic acids is 1. The van der Waals surface area contributed by atoms with Crippen LogP contribution in [0.3, 0.4) is 0 Å². The molecule has 0 aromatic heterocycles. The van der Waals surface area contributed by atoms with E-state index in [1.165, 1.54) is 6.08 Å². The largest absolute Gasteiger partial charge is 0.241 e. The predicted octanol–water partition coefficient (Wildman–Crippen LogP) is 2.45. The van der Waals surface area contributed by atoms with E-state index in [1.54, 1.807) is 0 Å². The highest BCUT2D eigenvalue weighted by Crippen LogP contribution is 2.17. The lowest BCUT2D eigenvalue weighted by Gasteiger charge is -2.03. The number of isocyanates is 1. The summed E-state index contributed by atoms with van der Waals surface area (Å²) in [7, 11) is 0. The topological polar surface area (TPSA) is 29.4 Å². The van der Waals surface area contributed by atoms with Crippen molar-refractivity contribution in [3.05, 3.63) is 10.7 Å². The van der Waals surface area contributed by atoms with Crippen LogP contribution in [0.1, 0.15) is 20.8 Å². The maximum absolute atomic E-state index is 9.73. The summed E-state index contributed by atoms with van der Waals surface area (Å²) in [5.41, 5.74) is 0.907. The first kappa shape index (κ1) is 9.41. The van der Waals surface area contributed by atoms with Crippen LogP contribution in [-0.4, -0.2) is 6.08 Å². The van der Waals surface area contributed by atoms with Crippen LogP contribution in [0.4, 0.5) is 0 Å². The average molecular weight is 160 g/mol. The van der Waals surface area contributed by atoms with Crippen molar-refractivity contribution < 1.29 is 4.79 Å². The number of nitrogens with zero attached hydrogens (tertiary/aromatic N) is 1. The molecule has 0 aliphatic carbocycles. The van der Waals surface area contributed by atoms with Gasteiger partial charge in [-0.15, -0.1) is 0 Å². The standard InChI is InChI=1S/C7H10ClNO/c1-5(2)6(3)7(8)9-4-10/h5H,1-3H3/b7-6+. The van der Waals surface area contributed by atoms with Crippen LogP contribution in [-0.2, 0) is 4.79 Å². The minimum atomic E-state index is 0.255. The van der Waals surface area contributed by atoms with Gasteiger partial charge in [0.1, 0.15) is 5.16 Å². The molecule has 0 aliphatic rings. The molecule has 0 aromatic carbocycles. The Balaban J connectivity index is 4.49. The fraction of sp³-hybridized carbons (Fsp3) is 0.571. The van der Waals surface area contributed by atoms with Crippen LogP contribution in [0.5, 0.6) is 0 Å². The van der Waals surface area contributed by atoms with E-state index in [2.05, 4.69) is 4.99 Å². The van der Waals surface area contributed by atoms with E-state index in [0.29, 0.717) is 5.92 Å². The van der Waals surface area contributed by atoms with Gasteiger partial charge in [0, 0.05) is 0 Å². The number of rotatable bonds is 2. The number of allylic oxidation sites excluding steroid dienone is 1. The maximum Gasteiger partial charge on any atom is 0.241 e. The second-order valence-electron chi connectivity index (χ2n) is 2.33. The molecule has 0 atom stereocenters. The number of hydrogen-bond acceptors (Lipinski definition) is 2. The summed E-state index contributed by atoms with van der Waals surface area (Å²) in [5, 5.41) is 0.255. The average Bonchev–Trinajstić information content (AvgIpc) is 1.87. The summed E-state index contributed by atoms with van der Waals surface area (Å²) < 4.78 is 0. The summed E-state index contributed by atoms with van der Waals surface area (Å²) in [4.78, 5) is 13.0. The first-order chi connectivity index (χ1) is 4.59. The first-order valence-corrected chi connectivity index (χ1v) is 3.41. The summed E-state index contributed by atoms with van der Waals surface area (Å²) in [6.45, 7) is 5.81. The summed E-state index contributed by atoms with van der Waals surface area (Å²) in [6.07, 6.45) is 1.39. The van der Waals surface area contributed by atoms with E-state index in [9.17, 15) is 4.79 Å². The summed E-state index contributed by atoms with van der Waals surface area (Å²) in [6, 6.07) is 0. The molecule has 0 unspecified atom stereocenters. The van der Waals surface area contributed by atoms with Gasteiger partial charge in [0.05, 0.1) is 0 Å². The molecular formula is C7H10ClNO. The molecule has 3 heteroatoms. The third-order valence-corrected chi connectivity index (χ3v) is 1.72. The Morgan fingerprint density at radius 3 is 2.40 bits per heavy atom. The summed E-state index contributed by atoms with van der Waals surface area (Å²) >= 11 is 5.58. The van der Waals surface area contributed by atoms with Crippen LogP contribution in [0, 0.1) is 5.92 Å². The highest BCUT2D eigenvalue weighted by molar-refractivity contribution is 6.30. The Morgan fingerprint density at radius 2 is 2.10 bits per heavy atom. The molecule has 2 nitrogen and oxygen atoms in total. The van der Waals surface area contributed by atoms with Gasteiger partial charge in [0.25, 0.3) is 0 Å². The van der Waals surface area contributed by atoms with E-state index < -0.39 is 0 Å². The van der Waals surface area contributed by atoms with Crippen molar-refractivity contribution >= 4 is 17.7 Å². The Labute approximate surface area is 65.6 Å². The lowest BCUT2D eigenvalue weighted by Crippen LogP contribution is -1.89. The van der Waals surface area contributed by atoms with Gasteiger partial charge >= 0.3 is 0 Å². The molecule has 0 heterocycles. The number of hydrogen-bond donors (Lipinski definition) is 0. The third-order valence-electron chi connectivity index (χ3n) is 1.34. The van der Waals surface area contributed by atoms with Gasteiger partial charge in [0.15, 0.2) is 0 Å². The molecule has 0 bridgehead atoms. The molecule has 0 N–H and O–H groups in total. The van der Waals surface area contributed by atoms with E-state index in [-0.39, 0.29) is 5.16 Å². The van der Waals surface area contributed by atoms with Gasteiger partial charge in [-0.1, -0.05) is 25.4 Å². The zero-order chi connectivity index (χ0) is 8.15. The molecule has 0 fully saturated rings. The van der Waals surface area contributed by atoms with E-state index in [4.69, 9.17) is 11.6 Å². The Hall–Kier alpha value is -0.590. The van der Waals surface area contributed by atoms with Crippen molar-refractivity contribution in [2.45, 2.75) is 20.8 Å². The van der Waals surface area contributed by atoms with Crippen molar-refractivity contribution in [3.8, 4) is 0 Å². The third kappa shape index (κ3) is 2.81. The van der Waals surface area contributed by atoms with Gasteiger partial charge in [-0.05, 0) is 18.4 Å². The van der Waals surface area contributed by atoms with Crippen molar-refractivity contribution in [1.82, 2.24) is 0 Å². The molecule has 10 heavy (non-hydrogen) atoms. The second kappa shape index (κ2) is 4.26. The van der Waals surface area contributed by atoms with Crippen LogP contribution < -0.4 is 0 Å². The zero-order valence-corrected chi connectivity index (χ0v) is 7.07. The van der Waals surface area contributed by atoms with Gasteiger partial charge in [-0.25, -0.2) is 4.79 Å². The zero-order valence-electron chi connectivity index (χ0n) is 6.31. The van der Waals surface area contributed by atoms with E-state index in [0.717, 1.165) is 5.57 Å². The molecule has 0 saturated carbocycles. The minimum Gasteiger partial charge on any atom is -0.211 e. The monoisotopic (exact) mass is 159 g/mol. The Morgan fingerprint density at radius 1 is 1.60 bits per heavy atom. The molecule has 0 radical (unpaired) electrons. The highest BCUT2D eigenvalue weighted by atomic mass is 35.5. The minimum absolute atomic E-state index is 0.255. The molecular weight excluding hydrogens is 150 g/mol. The smallest absolute Gasteiger partial charge is 0.211 e. The van der Waals surface area contributed by atoms with Crippen LogP contribution in [0.15, 0.2) is 15.7 Å². The molecule has 56 valence electrons. The van der Waals surface area contributed by atoms with Gasteiger partial charge in [-0.2, -0.15) is 4.99 Å². The molecule has 0 spiro atoms. The van der Waals surface area contributed by atoms with Crippen molar-refractivity contribution in [2.24, 2.45) is 10.9 Å². The number of aliphatic imine (C=N–C) groups is 1. The molecule has 0 rings (SSSR count). The van der Waals surface area contributed by atoms with E-state index in [1.807, 2.05) is 20.8 Å². The normalized spacial score (nSPS) is 12.5. The fourth-order valence-electron chi connectivity index (χ4n) is 0.366. The van der Waals surface area contributed by atoms with Gasteiger partial charge in [0.2, 0.25) is 6.08 Å². The highest BCUT2D eigenvalue weighted by Gasteiger charge is 2.01. The second-order valence-corrected chi connectivity index (χ2v) is 2.69. The molecule has 0 saturated heterocycles.